The fraction of sp³-hybridized carbons (Fsp3) is 0.176. The van der Waals surface area contributed by atoms with Gasteiger partial charge < -0.3 is 14.7 Å². The van der Waals surface area contributed by atoms with Crippen LogP contribution < -0.4 is 10.5 Å². The third kappa shape index (κ3) is 4.94. The third-order valence-electron chi connectivity index (χ3n) is 3.21. The zero-order chi connectivity index (χ0) is 18.2. The summed E-state index contributed by atoms with van der Waals surface area (Å²) in [5.74, 6) is -1.90. The van der Waals surface area contributed by atoms with E-state index in [1.165, 1.54) is 4.90 Å². The third-order valence-corrected chi connectivity index (χ3v) is 3.21. The summed E-state index contributed by atoms with van der Waals surface area (Å²) in [6.07, 6.45) is 0.122. The number of amides is 1. The Morgan fingerprint density at radius 1 is 1.24 bits per heavy atom. The predicted octanol–water partition coefficient (Wildman–Crippen LogP) is 1.18. The van der Waals surface area contributed by atoms with Crippen LogP contribution in [-0.2, 0) is 9.53 Å². The number of ether oxygens (including phenoxy) is 1. The summed E-state index contributed by atoms with van der Waals surface area (Å²) in [6, 6.07) is 12.6. The Kier molecular flexibility index (Phi) is 5.90. The van der Waals surface area contributed by atoms with Gasteiger partial charge in [0.2, 0.25) is 0 Å². The van der Waals surface area contributed by atoms with Gasteiger partial charge >= 0.3 is 5.97 Å². The molecule has 2 rings (SSSR count). The van der Waals surface area contributed by atoms with E-state index in [1.54, 1.807) is 30.3 Å². The highest BCUT2D eigenvalue weighted by atomic mass is 16.5. The van der Waals surface area contributed by atoms with Gasteiger partial charge in [-0.1, -0.05) is 18.2 Å². The van der Waals surface area contributed by atoms with Crippen LogP contribution in [0, 0.1) is 11.3 Å². The number of carbonyl (C=O) groups excluding carboxylic acids is 2. The molecule has 0 unspecified atom stereocenters. The van der Waals surface area contributed by atoms with E-state index >= 15 is 0 Å². The van der Waals surface area contributed by atoms with Crippen molar-refractivity contribution in [2.24, 2.45) is 0 Å². The summed E-state index contributed by atoms with van der Waals surface area (Å²) >= 11 is 0. The molecule has 0 saturated carbocycles. The normalized spacial score (nSPS) is 9.88. The Morgan fingerprint density at radius 2 is 1.96 bits per heavy atom. The zero-order valence-electron chi connectivity index (χ0n) is 13.1. The molecule has 0 aliphatic heterocycles. The van der Waals surface area contributed by atoms with Crippen LogP contribution in [0.2, 0.25) is 0 Å². The maximum atomic E-state index is 12.3. The van der Waals surface area contributed by atoms with Gasteiger partial charge in [0.25, 0.3) is 11.5 Å². The summed E-state index contributed by atoms with van der Waals surface area (Å²) in [6.45, 7) is -0.407. The van der Waals surface area contributed by atoms with Crippen LogP contribution in [0.5, 0.6) is 5.88 Å². The minimum atomic E-state index is -0.914. The first-order chi connectivity index (χ1) is 12.0. The smallest absolute Gasteiger partial charge is 0.339 e. The van der Waals surface area contributed by atoms with E-state index in [0.717, 1.165) is 12.1 Å². The molecular formula is C17H15N3O5. The molecule has 0 aliphatic carbocycles. The van der Waals surface area contributed by atoms with E-state index in [4.69, 9.17) is 10.00 Å². The first kappa shape index (κ1) is 17.7. The van der Waals surface area contributed by atoms with Gasteiger partial charge in [0, 0.05) is 24.4 Å². The highest BCUT2D eigenvalue weighted by molar-refractivity contribution is 5.97. The number of aromatic hydroxyl groups is 1. The van der Waals surface area contributed by atoms with Gasteiger partial charge in [-0.3, -0.25) is 14.6 Å². The number of hydrogen-bond donors (Lipinski definition) is 2. The van der Waals surface area contributed by atoms with Crippen molar-refractivity contribution in [1.29, 1.82) is 5.26 Å². The number of esters is 1. The fourth-order valence-corrected chi connectivity index (χ4v) is 2.10. The SMILES string of the molecule is N#CCCN(C(=O)COC(=O)c1cc(O)[nH]c(=O)c1)c1ccccc1. The number of nitrogens with one attached hydrogen (secondary N) is 1. The molecule has 25 heavy (non-hydrogen) atoms. The van der Waals surface area contributed by atoms with Gasteiger partial charge in [0.05, 0.1) is 18.1 Å². The molecule has 0 radical (unpaired) electrons. The van der Waals surface area contributed by atoms with Crippen molar-refractivity contribution < 1.29 is 19.4 Å². The monoisotopic (exact) mass is 341 g/mol. The summed E-state index contributed by atoms with van der Waals surface area (Å²) < 4.78 is 4.91. The highest BCUT2D eigenvalue weighted by Gasteiger charge is 2.18. The number of hydrogen-bond acceptors (Lipinski definition) is 6. The number of benzene rings is 1. The summed E-state index contributed by atoms with van der Waals surface area (Å²) in [4.78, 5) is 38.9. The maximum Gasteiger partial charge on any atom is 0.339 e. The van der Waals surface area contributed by atoms with Gasteiger partial charge in [-0.2, -0.15) is 5.26 Å². The molecule has 1 heterocycles. The van der Waals surface area contributed by atoms with Gasteiger partial charge in [-0.15, -0.1) is 0 Å². The Morgan fingerprint density at radius 3 is 2.60 bits per heavy atom. The van der Waals surface area contributed by atoms with E-state index in [0.29, 0.717) is 5.69 Å². The highest BCUT2D eigenvalue weighted by Crippen LogP contribution is 2.14. The topological polar surface area (TPSA) is 123 Å². The van der Waals surface area contributed by atoms with Crippen molar-refractivity contribution in [3.8, 4) is 11.9 Å². The lowest BCUT2D eigenvalue weighted by Crippen LogP contribution is -2.35. The van der Waals surface area contributed by atoms with E-state index < -0.39 is 29.9 Å². The minimum Gasteiger partial charge on any atom is -0.494 e. The van der Waals surface area contributed by atoms with Crippen molar-refractivity contribution in [3.05, 3.63) is 58.4 Å². The summed E-state index contributed by atoms with van der Waals surface area (Å²) in [5, 5.41) is 18.0. The Balaban J connectivity index is 2.06. The lowest BCUT2D eigenvalue weighted by molar-refractivity contribution is -0.121. The molecule has 128 valence electrons. The molecule has 1 aromatic heterocycles. The quantitative estimate of drug-likeness (QED) is 0.761. The molecule has 1 amide bonds. The van der Waals surface area contributed by atoms with Crippen molar-refractivity contribution >= 4 is 17.6 Å². The molecule has 0 aliphatic rings. The largest absolute Gasteiger partial charge is 0.494 e. The molecule has 0 atom stereocenters. The van der Waals surface area contributed by atoms with Crippen LogP contribution in [-0.4, -0.2) is 35.1 Å². The van der Waals surface area contributed by atoms with Crippen molar-refractivity contribution in [2.75, 3.05) is 18.1 Å². The van der Waals surface area contributed by atoms with Gasteiger partial charge in [0.15, 0.2) is 12.5 Å². The van der Waals surface area contributed by atoms with Gasteiger partial charge in [-0.05, 0) is 12.1 Å². The zero-order valence-corrected chi connectivity index (χ0v) is 13.1. The van der Waals surface area contributed by atoms with E-state index in [1.807, 2.05) is 6.07 Å². The van der Waals surface area contributed by atoms with Gasteiger partial charge in [-0.25, -0.2) is 4.79 Å². The predicted molar refractivity (Wildman–Crippen MR) is 88.0 cm³/mol. The number of nitrogens with zero attached hydrogens (tertiary/aromatic N) is 2. The number of rotatable bonds is 6. The second-order valence-corrected chi connectivity index (χ2v) is 4.98. The minimum absolute atomic E-state index is 0.122. The van der Waals surface area contributed by atoms with Crippen molar-refractivity contribution in [2.45, 2.75) is 6.42 Å². The Hall–Kier alpha value is -3.60. The summed E-state index contributed by atoms with van der Waals surface area (Å²) in [5.41, 5.74) is -0.261. The standard InChI is InChI=1S/C17H15N3O5/c18-7-4-8-20(13-5-2-1-3-6-13)16(23)11-25-17(24)12-9-14(21)19-15(22)10-12/h1-3,5-6,9-10H,4,8,11H2,(H2,19,21,22). The molecule has 8 nitrogen and oxygen atoms in total. The molecule has 0 spiro atoms. The van der Waals surface area contributed by atoms with Crippen LogP contribution in [0.25, 0.3) is 0 Å². The number of aromatic amines is 1. The number of carbonyl (C=O) groups is 2. The van der Waals surface area contributed by atoms with Crippen LogP contribution in [0.1, 0.15) is 16.8 Å². The fourth-order valence-electron chi connectivity index (χ4n) is 2.10. The van der Waals surface area contributed by atoms with Crippen LogP contribution in [0.4, 0.5) is 5.69 Å². The number of nitriles is 1. The molecule has 2 aromatic rings. The maximum absolute atomic E-state index is 12.3. The van der Waals surface area contributed by atoms with E-state index in [9.17, 15) is 19.5 Å². The molecule has 8 heteroatoms. The Bertz CT molecular complexity index is 855. The average molecular weight is 341 g/mol. The number of pyridine rings is 1. The lowest BCUT2D eigenvalue weighted by Gasteiger charge is -2.21. The van der Waals surface area contributed by atoms with Crippen LogP contribution >= 0.6 is 0 Å². The van der Waals surface area contributed by atoms with E-state index in [-0.39, 0.29) is 18.5 Å². The molecule has 0 saturated heterocycles. The summed E-state index contributed by atoms with van der Waals surface area (Å²) in [7, 11) is 0. The van der Waals surface area contributed by atoms with Crippen LogP contribution in [0.15, 0.2) is 47.3 Å². The number of H-pyrrole nitrogens is 1. The number of para-hydroxylation sites is 1. The van der Waals surface area contributed by atoms with Crippen LogP contribution in [0.3, 0.4) is 0 Å². The molecule has 0 fully saturated rings. The Labute approximate surface area is 142 Å². The first-order valence-electron chi connectivity index (χ1n) is 7.34. The van der Waals surface area contributed by atoms with Gasteiger partial charge in [0.1, 0.15) is 0 Å². The van der Waals surface area contributed by atoms with Crippen molar-refractivity contribution in [3.63, 3.8) is 0 Å². The second kappa shape index (κ2) is 8.31. The lowest BCUT2D eigenvalue weighted by atomic mass is 10.2. The second-order valence-electron chi connectivity index (χ2n) is 4.98. The molecule has 0 bridgehead atoms. The number of aromatic nitrogens is 1. The van der Waals surface area contributed by atoms with E-state index in [2.05, 4.69) is 4.98 Å². The first-order valence-corrected chi connectivity index (χ1v) is 7.34. The average Bonchev–Trinajstić information content (AvgIpc) is 2.60. The molecule has 2 N–H and O–H groups in total. The molecule has 1 aromatic carbocycles. The number of anilines is 1. The van der Waals surface area contributed by atoms with Crippen molar-refractivity contribution in [1.82, 2.24) is 4.98 Å². The molecular weight excluding hydrogens is 326 g/mol.